The van der Waals surface area contributed by atoms with Crippen molar-refractivity contribution in [3.8, 4) is 0 Å². The van der Waals surface area contributed by atoms with Crippen LogP contribution < -0.4 is 0 Å². The van der Waals surface area contributed by atoms with Crippen LogP contribution in [0.15, 0.2) is 12.2 Å². The highest BCUT2D eigenvalue weighted by atomic mass is 16.7. The SMILES string of the molecule is COC(=O)/C=C/C(=O)OCC[N+]1(OC)CCOCC1. The van der Waals surface area contributed by atoms with Gasteiger partial charge in [-0.1, -0.05) is 0 Å². The largest absolute Gasteiger partial charge is 0.466 e. The van der Waals surface area contributed by atoms with Crippen LogP contribution in [-0.2, 0) is 28.6 Å². The van der Waals surface area contributed by atoms with E-state index in [4.69, 9.17) is 14.3 Å². The quantitative estimate of drug-likeness (QED) is 0.375. The number of esters is 2. The molecule has 1 fully saturated rings. The average molecular weight is 274 g/mol. The fourth-order valence-electron chi connectivity index (χ4n) is 1.74. The van der Waals surface area contributed by atoms with Crippen molar-refractivity contribution >= 4 is 11.9 Å². The summed E-state index contributed by atoms with van der Waals surface area (Å²) in [5.74, 6) is -1.17. The van der Waals surface area contributed by atoms with E-state index in [1.807, 2.05) is 0 Å². The minimum absolute atomic E-state index is 0.220. The Balaban J connectivity index is 2.30. The van der Waals surface area contributed by atoms with E-state index in [0.717, 1.165) is 25.2 Å². The first-order chi connectivity index (χ1) is 9.12. The number of carbonyl (C=O) groups excluding carboxylic acids is 2. The summed E-state index contributed by atoms with van der Waals surface area (Å²) in [5, 5.41) is 0. The van der Waals surface area contributed by atoms with Crippen LogP contribution in [0.4, 0.5) is 0 Å². The smallest absolute Gasteiger partial charge is 0.331 e. The monoisotopic (exact) mass is 274 g/mol. The third-order valence-corrected chi connectivity index (χ3v) is 2.97. The number of carbonyl (C=O) groups is 2. The van der Waals surface area contributed by atoms with Gasteiger partial charge in [0.1, 0.15) is 26.2 Å². The molecule has 0 aromatic carbocycles. The van der Waals surface area contributed by atoms with Crippen molar-refractivity contribution in [3.05, 3.63) is 12.2 Å². The van der Waals surface area contributed by atoms with E-state index >= 15 is 0 Å². The number of rotatable bonds is 6. The topological polar surface area (TPSA) is 71.1 Å². The highest BCUT2D eigenvalue weighted by Crippen LogP contribution is 2.11. The third-order valence-electron chi connectivity index (χ3n) is 2.97. The molecule has 0 N–H and O–H groups in total. The van der Waals surface area contributed by atoms with Gasteiger partial charge in [-0.05, 0) is 0 Å². The molecule has 7 nitrogen and oxygen atoms in total. The molecule has 0 atom stereocenters. The zero-order valence-corrected chi connectivity index (χ0v) is 11.3. The van der Waals surface area contributed by atoms with Crippen LogP contribution in [-0.4, -0.2) is 70.3 Å². The number of quaternary nitrogens is 1. The van der Waals surface area contributed by atoms with Gasteiger partial charge in [0.25, 0.3) is 0 Å². The maximum atomic E-state index is 11.3. The molecule has 0 bridgehead atoms. The fraction of sp³-hybridized carbons (Fsp3) is 0.667. The Kier molecular flexibility index (Phi) is 6.48. The maximum Gasteiger partial charge on any atom is 0.331 e. The molecule has 0 radical (unpaired) electrons. The molecular weight excluding hydrogens is 254 g/mol. The predicted octanol–water partition coefficient (Wildman–Crippen LogP) is -0.333. The van der Waals surface area contributed by atoms with Gasteiger partial charge in [0.15, 0.2) is 0 Å². The average Bonchev–Trinajstić information content (AvgIpc) is 2.45. The van der Waals surface area contributed by atoms with Crippen molar-refractivity contribution < 1.29 is 33.3 Å². The van der Waals surface area contributed by atoms with Crippen LogP contribution in [0, 0.1) is 0 Å². The van der Waals surface area contributed by atoms with Gasteiger partial charge in [-0.15, -0.1) is 0 Å². The third kappa shape index (κ3) is 5.37. The Morgan fingerprint density at radius 1 is 1.16 bits per heavy atom. The van der Waals surface area contributed by atoms with Gasteiger partial charge in [-0.25, -0.2) is 14.4 Å². The fourth-order valence-corrected chi connectivity index (χ4v) is 1.74. The summed E-state index contributed by atoms with van der Waals surface area (Å²) in [4.78, 5) is 27.5. The van der Waals surface area contributed by atoms with Crippen molar-refractivity contribution in [2.45, 2.75) is 0 Å². The molecule has 1 aliphatic rings. The van der Waals surface area contributed by atoms with Crippen molar-refractivity contribution in [1.29, 1.82) is 0 Å². The summed E-state index contributed by atoms with van der Waals surface area (Å²) >= 11 is 0. The Morgan fingerprint density at radius 3 is 2.37 bits per heavy atom. The van der Waals surface area contributed by atoms with Crippen LogP contribution in [0.1, 0.15) is 0 Å². The first-order valence-electron chi connectivity index (χ1n) is 6.04. The van der Waals surface area contributed by atoms with Crippen LogP contribution in [0.5, 0.6) is 0 Å². The van der Waals surface area contributed by atoms with Crippen molar-refractivity contribution in [2.24, 2.45) is 0 Å². The number of hydrogen-bond acceptors (Lipinski definition) is 6. The number of hydroxylamine groups is 3. The van der Waals surface area contributed by atoms with Gasteiger partial charge < -0.3 is 14.2 Å². The second-order valence-corrected chi connectivity index (χ2v) is 4.05. The summed E-state index contributed by atoms with van der Waals surface area (Å²) in [6.45, 7) is 3.49. The molecule has 0 amide bonds. The molecule has 1 heterocycles. The molecule has 0 aromatic heterocycles. The molecule has 1 saturated heterocycles. The first-order valence-corrected chi connectivity index (χ1v) is 6.04. The number of morpholine rings is 1. The summed E-state index contributed by atoms with van der Waals surface area (Å²) < 4.78 is 15.0. The molecule has 1 rings (SSSR count). The lowest BCUT2D eigenvalue weighted by Gasteiger charge is -2.36. The van der Waals surface area contributed by atoms with E-state index in [1.165, 1.54) is 7.11 Å². The number of ether oxygens (including phenoxy) is 3. The molecule has 108 valence electrons. The summed E-state index contributed by atoms with van der Waals surface area (Å²) in [5.41, 5.74) is 0. The van der Waals surface area contributed by atoms with E-state index in [-0.39, 0.29) is 6.61 Å². The van der Waals surface area contributed by atoms with Gasteiger partial charge in [0, 0.05) is 12.2 Å². The number of methoxy groups -OCH3 is 1. The molecule has 0 saturated carbocycles. The molecule has 19 heavy (non-hydrogen) atoms. The van der Waals surface area contributed by atoms with Crippen molar-refractivity contribution in [1.82, 2.24) is 0 Å². The minimum Gasteiger partial charge on any atom is -0.466 e. The normalized spacial score (nSPS) is 18.2. The van der Waals surface area contributed by atoms with Gasteiger partial charge in [0.2, 0.25) is 0 Å². The zero-order chi connectivity index (χ0) is 14.1. The summed E-state index contributed by atoms with van der Waals surface area (Å²) in [6.07, 6.45) is 2.07. The van der Waals surface area contributed by atoms with Crippen LogP contribution in [0.25, 0.3) is 0 Å². The van der Waals surface area contributed by atoms with E-state index in [0.29, 0.717) is 24.4 Å². The molecular formula is C12H20NO6+. The lowest BCUT2D eigenvalue weighted by atomic mass is 10.4. The Morgan fingerprint density at radius 2 is 1.79 bits per heavy atom. The summed E-state index contributed by atoms with van der Waals surface area (Å²) in [7, 11) is 2.87. The summed E-state index contributed by atoms with van der Waals surface area (Å²) in [6, 6.07) is 0. The van der Waals surface area contributed by atoms with Crippen LogP contribution in [0.2, 0.25) is 0 Å². The van der Waals surface area contributed by atoms with E-state index in [2.05, 4.69) is 4.74 Å². The minimum atomic E-state index is -0.592. The highest BCUT2D eigenvalue weighted by Gasteiger charge is 2.31. The molecule has 0 aliphatic carbocycles. The highest BCUT2D eigenvalue weighted by molar-refractivity contribution is 5.91. The maximum absolute atomic E-state index is 11.3. The first kappa shape index (κ1) is 15.6. The second kappa shape index (κ2) is 7.88. The van der Waals surface area contributed by atoms with E-state index < -0.39 is 11.9 Å². The Bertz CT molecular complexity index is 335. The molecule has 0 aromatic rings. The lowest BCUT2D eigenvalue weighted by molar-refractivity contribution is -1.11. The standard InChI is InChI=1S/C12H20NO6/c1-16-11(14)3-4-12(15)19-10-7-13(17-2)5-8-18-9-6-13/h3-4H,5-10H2,1-2H3/q+1/b4-3+. The predicted molar refractivity (Wildman–Crippen MR) is 64.8 cm³/mol. The second-order valence-electron chi connectivity index (χ2n) is 4.05. The van der Waals surface area contributed by atoms with Gasteiger partial charge in [-0.2, -0.15) is 4.65 Å². The molecule has 0 unspecified atom stereocenters. The molecule has 7 heteroatoms. The van der Waals surface area contributed by atoms with Crippen LogP contribution in [0.3, 0.4) is 0 Å². The van der Waals surface area contributed by atoms with Crippen molar-refractivity contribution in [2.75, 3.05) is 53.7 Å². The number of nitrogens with zero attached hydrogens (tertiary/aromatic N) is 1. The number of hydrogen-bond donors (Lipinski definition) is 0. The van der Waals surface area contributed by atoms with Crippen molar-refractivity contribution in [3.63, 3.8) is 0 Å². The zero-order valence-electron chi connectivity index (χ0n) is 11.3. The Hall–Kier alpha value is -1.44. The Labute approximate surface area is 112 Å². The molecule has 0 spiro atoms. The van der Waals surface area contributed by atoms with E-state index in [9.17, 15) is 9.59 Å². The van der Waals surface area contributed by atoms with Gasteiger partial charge in [-0.3, -0.25) is 0 Å². The van der Waals surface area contributed by atoms with E-state index in [1.54, 1.807) is 7.11 Å². The van der Waals surface area contributed by atoms with Crippen LogP contribution >= 0.6 is 0 Å². The van der Waals surface area contributed by atoms with Gasteiger partial charge in [0.05, 0.1) is 27.4 Å². The lowest BCUT2D eigenvalue weighted by Crippen LogP contribution is -2.55. The van der Waals surface area contributed by atoms with Gasteiger partial charge >= 0.3 is 11.9 Å². The molecule has 1 aliphatic heterocycles.